The zero-order valence-electron chi connectivity index (χ0n) is 23.9. The SMILES string of the molecule is CCCCNC(CC)(CCC)C(=O)C(CC(=O)NCCCN(C)CCN(C)CCCN)NCCC. The van der Waals surface area contributed by atoms with Gasteiger partial charge in [0.25, 0.3) is 0 Å². The van der Waals surface area contributed by atoms with E-state index < -0.39 is 11.6 Å². The van der Waals surface area contributed by atoms with Gasteiger partial charge in [0.05, 0.1) is 11.6 Å². The van der Waals surface area contributed by atoms with E-state index in [1.54, 1.807) is 0 Å². The molecule has 0 aliphatic rings. The number of carbonyl (C=O) groups excluding carboxylic acids is 2. The van der Waals surface area contributed by atoms with E-state index in [0.29, 0.717) is 6.54 Å². The van der Waals surface area contributed by atoms with Crippen LogP contribution >= 0.6 is 0 Å². The highest BCUT2D eigenvalue weighted by Crippen LogP contribution is 2.22. The van der Waals surface area contributed by atoms with Gasteiger partial charge in [-0.3, -0.25) is 9.59 Å². The first-order valence-electron chi connectivity index (χ1n) is 14.2. The van der Waals surface area contributed by atoms with Gasteiger partial charge in [-0.1, -0.05) is 40.5 Å². The molecule has 0 fully saturated rings. The maximum atomic E-state index is 13.7. The average Bonchev–Trinajstić information content (AvgIpc) is 2.85. The second-order valence-electron chi connectivity index (χ2n) is 9.99. The van der Waals surface area contributed by atoms with Gasteiger partial charge in [-0.05, 0) is 85.3 Å². The van der Waals surface area contributed by atoms with E-state index in [4.69, 9.17) is 5.73 Å². The Morgan fingerprint density at radius 2 is 1.49 bits per heavy atom. The lowest BCUT2D eigenvalue weighted by Gasteiger charge is -2.36. The fraction of sp³-hybridized carbons (Fsp3) is 0.926. The van der Waals surface area contributed by atoms with E-state index >= 15 is 0 Å². The molecular formula is C27H58N6O2. The molecule has 0 aromatic carbocycles. The van der Waals surface area contributed by atoms with Crippen LogP contribution < -0.4 is 21.7 Å². The van der Waals surface area contributed by atoms with Crippen LogP contribution in [0.1, 0.15) is 85.5 Å². The first-order valence-corrected chi connectivity index (χ1v) is 14.2. The van der Waals surface area contributed by atoms with Crippen molar-refractivity contribution in [3.8, 4) is 0 Å². The van der Waals surface area contributed by atoms with Gasteiger partial charge in [0.1, 0.15) is 0 Å². The smallest absolute Gasteiger partial charge is 0.222 e. The number of likely N-dealkylation sites (N-methyl/N-ethyl adjacent to an activating group) is 2. The van der Waals surface area contributed by atoms with Crippen LogP contribution in [0.3, 0.4) is 0 Å². The summed E-state index contributed by atoms with van der Waals surface area (Å²) in [5.74, 6) is 0.0891. The van der Waals surface area contributed by atoms with E-state index in [9.17, 15) is 9.59 Å². The summed E-state index contributed by atoms with van der Waals surface area (Å²) in [5.41, 5.74) is 5.02. The van der Waals surface area contributed by atoms with Crippen molar-refractivity contribution in [3.05, 3.63) is 0 Å². The zero-order valence-corrected chi connectivity index (χ0v) is 23.9. The van der Waals surface area contributed by atoms with Crippen LogP contribution in [0.25, 0.3) is 0 Å². The zero-order chi connectivity index (χ0) is 26.5. The minimum Gasteiger partial charge on any atom is -0.356 e. The van der Waals surface area contributed by atoms with Gasteiger partial charge in [-0.2, -0.15) is 0 Å². The highest BCUT2D eigenvalue weighted by atomic mass is 16.2. The van der Waals surface area contributed by atoms with Crippen LogP contribution in [0.2, 0.25) is 0 Å². The molecule has 5 N–H and O–H groups in total. The molecule has 8 nitrogen and oxygen atoms in total. The summed E-state index contributed by atoms with van der Waals surface area (Å²) in [4.78, 5) is 31.1. The molecule has 0 aromatic rings. The number of nitrogens with one attached hydrogen (secondary N) is 3. The van der Waals surface area contributed by atoms with E-state index in [1.807, 2.05) is 0 Å². The predicted molar refractivity (Wildman–Crippen MR) is 149 cm³/mol. The number of amides is 1. The Labute approximate surface area is 216 Å². The topological polar surface area (TPSA) is 103 Å². The number of unbranched alkanes of at least 4 members (excludes halogenated alkanes) is 1. The molecule has 0 aliphatic heterocycles. The first-order chi connectivity index (χ1) is 16.8. The van der Waals surface area contributed by atoms with Crippen LogP contribution in [0.4, 0.5) is 0 Å². The molecule has 2 unspecified atom stereocenters. The van der Waals surface area contributed by atoms with E-state index in [0.717, 1.165) is 97.2 Å². The third-order valence-corrected chi connectivity index (χ3v) is 6.74. The molecule has 0 bridgehead atoms. The Balaban J connectivity index is 4.75. The van der Waals surface area contributed by atoms with Gasteiger partial charge in [0, 0.05) is 26.1 Å². The maximum Gasteiger partial charge on any atom is 0.222 e. The fourth-order valence-corrected chi connectivity index (χ4v) is 4.38. The van der Waals surface area contributed by atoms with Crippen LogP contribution in [0.15, 0.2) is 0 Å². The van der Waals surface area contributed by atoms with Crippen molar-refractivity contribution in [1.82, 2.24) is 25.8 Å². The Hall–Kier alpha value is -1.06. The summed E-state index contributed by atoms with van der Waals surface area (Å²) in [6.07, 6.45) is 7.64. The van der Waals surface area contributed by atoms with Crippen LogP contribution in [0, 0.1) is 0 Å². The van der Waals surface area contributed by atoms with Gasteiger partial charge >= 0.3 is 0 Å². The summed E-state index contributed by atoms with van der Waals surface area (Å²) in [7, 11) is 4.24. The standard InChI is InChI=1S/C27H58N6O2/c1-7-11-18-31-27(10-4,14-8-2)26(35)24(29-16-9-3)23-25(34)30-17-13-20-33(6)22-21-32(5)19-12-15-28/h24,29,31H,7-23,28H2,1-6H3,(H,30,34). The van der Waals surface area contributed by atoms with Crippen molar-refractivity contribution in [3.63, 3.8) is 0 Å². The Bertz CT molecular complexity index is 548. The average molecular weight is 499 g/mol. The predicted octanol–water partition coefficient (Wildman–Crippen LogP) is 2.37. The Morgan fingerprint density at radius 3 is 2.03 bits per heavy atom. The van der Waals surface area contributed by atoms with Crippen molar-refractivity contribution >= 4 is 11.7 Å². The van der Waals surface area contributed by atoms with Gasteiger partial charge < -0.3 is 31.5 Å². The lowest BCUT2D eigenvalue weighted by Crippen LogP contribution is -2.59. The molecule has 0 rings (SSSR count). The molecular weight excluding hydrogens is 440 g/mol. The molecule has 0 aliphatic carbocycles. The maximum absolute atomic E-state index is 13.7. The molecule has 0 radical (unpaired) electrons. The second kappa shape index (κ2) is 21.1. The minimum atomic E-state index is -0.560. The molecule has 1 amide bonds. The molecule has 0 aromatic heterocycles. The van der Waals surface area contributed by atoms with Crippen molar-refractivity contribution in [2.75, 3.05) is 66.5 Å². The van der Waals surface area contributed by atoms with Crippen molar-refractivity contribution in [2.24, 2.45) is 5.73 Å². The first kappa shape index (κ1) is 33.9. The third kappa shape index (κ3) is 14.9. The van der Waals surface area contributed by atoms with Crippen LogP contribution in [-0.2, 0) is 9.59 Å². The number of rotatable bonds is 24. The lowest BCUT2D eigenvalue weighted by molar-refractivity contribution is -0.131. The van der Waals surface area contributed by atoms with Gasteiger partial charge in [0.2, 0.25) is 5.91 Å². The third-order valence-electron chi connectivity index (χ3n) is 6.74. The minimum absolute atomic E-state index is 0.0498. The molecule has 208 valence electrons. The van der Waals surface area contributed by atoms with Crippen molar-refractivity contribution in [1.29, 1.82) is 0 Å². The molecule has 0 spiro atoms. The largest absolute Gasteiger partial charge is 0.356 e. The highest BCUT2D eigenvalue weighted by Gasteiger charge is 2.39. The lowest BCUT2D eigenvalue weighted by atomic mass is 9.81. The summed E-state index contributed by atoms with van der Waals surface area (Å²) >= 11 is 0. The molecule has 35 heavy (non-hydrogen) atoms. The molecule has 0 heterocycles. The second-order valence-corrected chi connectivity index (χ2v) is 9.99. The van der Waals surface area contributed by atoms with E-state index in [-0.39, 0.29) is 18.1 Å². The van der Waals surface area contributed by atoms with Crippen LogP contribution in [-0.4, -0.2) is 99.5 Å². The van der Waals surface area contributed by atoms with Crippen molar-refractivity contribution < 1.29 is 9.59 Å². The number of hydrogen-bond acceptors (Lipinski definition) is 7. The van der Waals surface area contributed by atoms with Crippen molar-refractivity contribution in [2.45, 2.75) is 97.1 Å². The number of nitrogens with zero attached hydrogens (tertiary/aromatic N) is 2. The molecule has 0 saturated carbocycles. The van der Waals surface area contributed by atoms with Gasteiger partial charge in [0.15, 0.2) is 5.78 Å². The summed E-state index contributed by atoms with van der Waals surface area (Å²) in [6.45, 7) is 15.3. The Morgan fingerprint density at radius 1 is 0.829 bits per heavy atom. The fourth-order valence-electron chi connectivity index (χ4n) is 4.38. The number of hydrogen-bond donors (Lipinski definition) is 4. The van der Waals surface area contributed by atoms with E-state index in [1.165, 1.54) is 0 Å². The summed E-state index contributed by atoms with van der Waals surface area (Å²) in [5, 5.41) is 9.99. The number of nitrogens with two attached hydrogens (primary N) is 1. The van der Waals surface area contributed by atoms with Gasteiger partial charge in [-0.15, -0.1) is 0 Å². The Kier molecular flexibility index (Phi) is 20.4. The molecule has 2 atom stereocenters. The monoisotopic (exact) mass is 498 g/mol. The number of carbonyl (C=O) groups is 2. The van der Waals surface area contributed by atoms with Crippen LogP contribution in [0.5, 0.6) is 0 Å². The molecule has 8 heteroatoms. The normalized spacial score (nSPS) is 14.3. The van der Waals surface area contributed by atoms with Gasteiger partial charge in [-0.25, -0.2) is 0 Å². The number of Topliss-reactive ketones (excluding diaryl/α,β-unsaturated/α-hetero) is 1. The van der Waals surface area contributed by atoms with E-state index in [2.05, 4.69) is 67.5 Å². The quantitative estimate of drug-likeness (QED) is 0.152. The highest BCUT2D eigenvalue weighted by molar-refractivity contribution is 5.96. The summed E-state index contributed by atoms with van der Waals surface area (Å²) in [6, 6.07) is -0.456. The summed E-state index contributed by atoms with van der Waals surface area (Å²) < 4.78 is 0. The molecule has 0 saturated heterocycles. The number of ketones is 1.